The molecule has 1 aliphatic rings. The van der Waals surface area contributed by atoms with Crippen LogP contribution < -0.4 is 10.6 Å². The Hall–Kier alpha value is -0.930. The number of anilines is 1. The molecule has 0 saturated carbocycles. The third-order valence-electron chi connectivity index (χ3n) is 2.98. The average Bonchev–Trinajstić information content (AvgIpc) is 2.86. The summed E-state index contributed by atoms with van der Waals surface area (Å²) in [6.07, 6.45) is -3.46. The van der Waals surface area contributed by atoms with Crippen LogP contribution in [-0.4, -0.2) is 54.4 Å². The third-order valence-corrected chi connectivity index (χ3v) is 4.01. The van der Waals surface area contributed by atoms with E-state index in [1.54, 1.807) is 0 Å². The van der Waals surface area contributed by atoms with Crippen molar-refractivity contribution in [3.8, 4) is 0 Å². The van der Waals surface area contributed by atoms with Gasteiger partial charge in [0.2, 0.25) is 10.1 Å². The Balaban J connectivity index is 1.89. The lowest BCUT2D eigenvalue weighted by Gasteiger charge is -2.34. The highest BCUT2D eigenvalue weighted by Crippen LogP contribution is 2.34. The van der Waals surface area contributed by atoms with Crippen LogP contribution >= 0.6 is 11.3 Å². The van der Waals surface area contributed by atoms with Gasteiger partial charge in [-0.1, -0.05) is 11.3 Å². The van der Waals surface area contributed by atoms with Crippen LogP contribution in [0.2, 0.25) is 0 Å². The average molecular weight is 295 g/mol. The van der Waals surface area contributed by atoms with Crippen molar-refractivity contribution in [3.63, 3.8) is 0 Å². The first-order valence-electron chi connectivity index (χ1n) is 6.09. The van der Waals surface area contributed by atoms with Crippen LogP contribution in [0.1, 0.15) is 11.4 Å². The first-order valence-corrected chi connectivity index (χ1v) is 6.90. The first-order chi connectivity index (χ1) is 9.00. The van der Waals surface area contributed by atoms with Crippen LogP contribution in [0, 0.1) is 0 Å². The SMILES string of the molecule is NCCCN1CCN(c2nnc(C(F)(F)F)s2)CC1. The standard InChI is InChI=1S/C10H16F3N5S/c11-10(12,13)8-15-16-9(19-8)18-6-4-17(5-7-18)3-1-2-14/h1-7,14H2. The van der Waals surface area contributed by atoms with Gasteiger partial charge < -0.3 is 10.6 Å². The zero-order valence-corrected chi connectivity index (χ0v) is 11.2. The van der Waals surface area contributed by atoms with Gasteiger partial charge in [0.25, 0.3) is 0 Å². The number of rotatable bonds is 4. The van der Waals surface area contributed by atoms with Gasteiger partial charge in [-0.25, -0.2) is 0 Å². The monoisotopic (exact) mass is 295 g/mol. The molecule has 1 aromatic rings. The molecule has 1 aromatic heterocycles. The maximum Gasteiger partial charge on any atom is 0.445 e. The second kappa shape index (κ2) is 6.02. The van der Waals surface area contributed by atoms with Gasteiger partial charge in [-0.05, 0) is 19.5 Å². The minimum absolute atomic E-state index is 0.353. The van der Waals surface area contributed by atoms with Crippen molar-refractivity contribution in [1.82, 2.24) is 15.1 Å². The number of hydrogen-bond donors (Lipinski definition) is 1. The zero-order chi connectivity index (χ0) is 13.9. The fourth-order valence-corrected chi connectivity index (χ4v) is 2.70. The second-order valence-electron chi connectivity index (χ2n) is 4.36. The van der Waals surface area contributed by atoms with E-state index in [1.807, 2.05) is 4.90 Å². The minimum atomic E-state index is -4.40. The summed E-state index contributed by atoms with van der Waals surface area (Å²) in [5.41, 5.74) is 5.45. The summed E-state index contributed by atoms with van der Waals surface area (Å²) in [5, 5.41) is 6.30. The molecule has 5 nitrogen and oxygen atoms in total. The number of halogens is 3. The molecule has 1 aliphatic heterocycles. The van der Waals surface area contributed by atoms with Gasteiger partial charge in [-0.15, -0.1) is 10.2 Å². The summed E-state index contributed by atoms with van der Waals surface area (Å²) >= 11 is 0.606. The fraction of sp³-hybridized carbons (Fsp3) is 0.800. The Morgan fingerprint density at radius 3 is 2.37 bits per heavy atom. The lowest BCUT2D eigenvalue weighted by molar-refractivity contribution is -0.138. The summed E-state index contributed by atoms with van der Waals surface area (Å²) in [5.74, 6) is 0. The lowest BCUT2D eigenvalue weighted by Crippen LogP contribution is -2.46. The number of nitrogens with zero attached hydrogens (tertiary/aromatic N) is 4. The van der Waals surface area contributed by atoms with E-state index in [0.29, 0.717) is 36.1 Å². The predicted molar refractivity (Wildman–Crippen MR) is 67.2 cm³/mol. The van der Waals surface area contributed by atoms with E-state index in [-0.39, 0.29) is 0 Å². The maximum absolute atomic E-state index is 12.4. The van der Waals surface area contributed by atoms with E-state index >= 15 is 0 Å². The molecule has 0 atom stereocenters. The van der Waals surface area contributed by atoms with Crippen molar-refractivity contribution in [2.24, 2.45) is 5.73 Å². The van der Waals surface area contributed by atoms with Gasteiger partial charge in [0.05, 0.1) is 0 Å². The fourth-order valence-electron chi connectivity index (χ4n) is 1.94. The molecule has 108 valence electrons. The van der Waals surface area contributed by atoms with Crippen molar-refractivity contribution in [1.29, 1.82) is 0 Å². The molecule has 0 aromatic carbocycles. The summed E-state index contributed by atoms with van der Waals surface area (Å²) in [6.45, 7) is 4.59. The van der Waals surface area contributed by atoms with Crippen LogP contribution in [-0.2, 0) is 6.18 Å². The van der Waals surface area contributed by atoms with E-state index in [9.17, 15) is 13.2 Å². The quantitative estimate of drug-likeness (QED) is 0.899. The Kier molecular flexibility index (Phi) is 4.58. The molecule has 1 saturated heterocycles. The van der Waals surface area contributed by atoms with Gasteiger partial charge in [0.1, 0.15) is 0 Å². The zero-order valence-electron chi connectivity index (χ0n) is 10.4. The van der Waals surface area contributed by atoms with E-state index in [2.05, 4.69) is 15.1 Å². The summed E-state index contributed by atoms with van der Waals surface area (Å²) in [4.78, 5) is 4.11. The van der Waals surface area contributed by atoms with Crippen molar-refractivity contribution in [2.75, 3.05) is 44.2 Å². The van der Waals surface area contributed by atoms with E-state index in [4.69, 9.17) is 5.73 Å². The molecule has 0 bridgehead atoms. The van der Waals surface area contributed by atoms with Crippen LogP contribution in [0.5, 0.6) is 0 Å². The predicted octanol–water partition coefficient (Wildman–Crippen LogP) is 1.03. The molecule has 2 heterocycles. The summed E-state index contributed by atoms with van der Waals surface area (Å²) < 4.78 is 37.3. The van der Waals surface area contributed by atoms with Crippen LogP contribution in [0.15, 0.2) is 0 Å². The number of piperazine rings is 1. The Morgan fingerprint density at radius 1 is 1.16 bits per heavy atom. The highest BCUT2D eigenvalue weighted by Gasteiger charge is 2.36. The van der Waals surface area contributed by atoms with E-state index in [0.717, 1.165) is 26.1 Å². The van der Waals surface area contributed by atoms with Crippen LogP contribution in [0.25, 0.3) is 0 Å². The van der Waals surface area contributed by atoms with Crippen molar-refractivity contribution >= 4 is 16.5 Å². The van der Waals surface area contributed by atoms with Crippen molar-refractivity contribution in [2.45, 2.75) is 12.6 Å². The van der Waals surface area contributed by atoms with Gasteiger partial charge in [-0.2, -0.15) is 13.2 Å². The van der Waals surface area contributed by atoms with Gasteiger partial charge in [-0.3, -0.25) is 4.90 Å². The molecule has 9 heteroatoms. The highest BCUT2D eigenvalue weighted by molar-refractivity contribution is 7.15. The molecule has 2 N–H and O–H groups in total. The molecular formula is C10H16F3N5S. The Bertz CT molecular complexity index is 400. The molecular weight excluding hydrogens is 279 g/mol. The minimum Gasteiger partial charge on any atom is -0.344 e. The lowest BCUT2D eigenvalue weighted by atomic mass is 10.3. The van der Waals surface area contributed by atoms with Gasteiger partial charge in [0.15, 0.2) is 0 Å². The Morgan fingerprint density at radius 2 is 1.84 bits per heavy atom. The molecule has 0 amide bonds. The third kappa shape index (κ3) is 3.77. The molecule has 19 heavy (non-hydrogen) atoms. The number of alkyl halides is 3. The smallest absolute Gasteiger partial charge is 0.344 e. The largest absolute Gasteiger partial charge is 0.445 e. The molecule has 0 spiro atoms. The molecule has 0 unspecified atom stereocenters. The normalized spacial score (nSPS) is 18.0. The van der Waals surface area contributed by atoms with Crippen LogP contribution in [0.3, 0.4) is 0 Å². The molecule has 2 rings (SSSR count). The summed E-state index contributed by atoms with van der Waals surface area (Å²) in [7, 11) is 0. The van der Waals surface area contributed by atoms with Crippen molar-refractivity contribution < 1.29 is 13.2 Å². The summed E-state index contributed by atoms with van der Waals surface area (Å²) in [6, 6.07) is 0. The number of hydrogen-bond acceptors (Lipinski definition) is 6. The second-order valence-corrected chi connectivity index (χ2v) is 5.31. The maximum atomic E-state index is 12.4. The first kappa shape index (κ1) is 14.5. The number of nitrogens with two attached hydrogens (primary N) is 1. The van der Waals surface area contributed by atoms with E-state index in [1.165, 1.54) is 0 Å². The highest BCUT2D eigenvalue weighted by atomic mass is 32.1. The Labute approximate surface area is 113 Å². The number of aromatic nitrogens is 2. The molecule has 0 aliphatic carbocycles. The topological polar surface area (TPSA) is 58.3 Å². The van der Waals surface area contributed by atoms with E-state index < -0.39 is 11.2 Å². The molecule has 0 radical (unpaired) electrons. The molecule has 1 fully saturated rings. The van der Waals surface area contributed by atoms with Crippen molar-refractivity contribution in [3.05, 3.63) is 5.01 Å². The van der Waals surface area contributed by atoms with Gasteiger partial charge >= 0.3 is 6.18 Å². The van der Waals surface area contributed by atoms with Crippen LogP contribution in [0.4, 0.5) is 18.3 Å². The van der Waals surface area contributed by atoms with Gasteiger partial charge in [0, 0.05) is 26.2 Å².